The van der Waals surface area contributed by atoms with Gasteiger partial charge in [-0.05, 0) is 24.2 Å². The summed E-state index contributed by atoms with van der Waals surface area (Å²) in [4.78, 5) is 2.18. The highest BCUT2D eigenvalue weighted by Crippen LogP contribution is 2.22. The highest BCUT2D eigenvalue weighted by atomic mass is 35.5. The van der Waals surface area contributed by atoms with E-state index >= 15 is 0 Å². The topological polar surface area (TPSA) is 61.8 Å². The van der Waals surface area contributed by atoms with E-state index in [0.29, 0.717) is 23.1 Å². The van der Waals surface area contributed by atoms with Gasteiger partial charge in [0.15, 0.2) is 0 Å². The molecule has 0 saturated heterocycles. The maximum absolute atomic E-state index is 8.66. The fraction of sp³-hybridized carbons (Fsp3) is 0.462. The van der Waals surface area contributed by atoms with Gasteiger partial charge < -0.3 is 10.9 Å². The predicted octanol–water partition coefficient (Wildman–Crippen LogP) is 3.20. The molecule has 0 aliphatic carbocycles. The monoisotopic (exact) mass is 303 g/mol. The number of rotatable bonds is 6. The highest BCUT2D eigenvalue weighted by Gasteiger charge is 2.14. The summed E-state index contributed by atoms with van der Waals surface area (Å²) in [5.41, 5.74) is 6.61. The van der Waals surface area contributed by atoms with Crippen molar-refractivity contribution in [2.75, 3.05) is 13.1 Å². The van der Waals surface area contributed by atoms with E-state index in [1.165, 1.54) is 0 Å². The number of nitrogens with two attached hydrogens (primary N) is 1. The van der Waals surface area contributed by atoms with Crippen LogP contribution in [0.4, 0.5) is 0 Å². The summed E-state index contributed by atoms with van der Waals surface area (Å²) in [6, 6.07) is 5.48. The maximum Gasteiger partial charge on any atom is 0.143 e. The number of hydrogen-bond acceptors (Lipinski definition) is 3. The largest absolute Gasteiger partial charge is 0.409 e. The van der Waals surface area contributed by atoms with Crippen molar-refractivity contribution in [3.63, 3.8) is 0 Å². The molecule has 19 heavy (non-hydrogen) atoms. The molecule has 0 aromatic heterocycles. The number of nitrogens with zero attached hydrogens (tertiary/aromatic N) is 2. The zero-order valence-electron chi connectivity index (χ0n) is 11.1. The van der Waals surface area contributed by atoms with Crippen LogP contribution in [-0.2, 0) is 6.54 Å². The summed E-state index contributed by atoms with van der Waals surface area (Å²) >= 11 is 12.0. The van der Waals surface area contributed by atoms with Gasteiger partial charge >= 0.3 is 0 Å². The van der Waals surface area contributed by atoms with Crippen molar-refractivity contribution in [2.24, 2.45) is 16.8 Å². The first-order chi connectivity index (χ1) is 8.97. The first-order valence-electron chi connectivity index (χ1n) is 6.11. The quantitative estimate of drug-likeness (QED) is 0.367. The number of benzene rings is 1. The van der Waals surface area contributed by atoms with Crippen LogP contribution in [0.1, 0.15) is 19.4 Å². The lowest BCUT2D eigenvalue weighted by Crippen LogP contribution is -2.34. The molecule has 0 amide bonds. The van der Waals surface area contributed by atoms with Crippen LogP contribution in [0.15, 0.2) is 23.4 Å². The van der Waals surface area contributed by atoms with Crippen LogP contribution in [0, 0.1) is 5.92 Å². The van der Waals surface area contributed by atoms with Gasteiger partial charge in [-0.1, -0.05) is 48.3 Å². The van der Waals surface area contributed by atoms with Gasteiger partial charge in [0.2, 0.25) is 0 Å². The third-order valence-electron chi connectivity index (χ3n) is 3.01. The van der Waals surface area contributed by atoms with E-state index in [-0.39, 0.29) is 11.8 Å². The van der Waals surface area contributed by atoms with Crippen molar-refractivity contribution >= 4 is 29.0 Å². The van der Waals surface area contributed by atoms with E-state index in [1.54, 1.807) is 6.07 Å². The number of amidine groups is 1. The molecule has 0 aliphatic rings. The average molecular weight is 304 g/mol. The molecule has 0 aliphatic heterocycles. The lowest BCUT2D eigenvalue weighted by atomic mass is 10.1. The van der Waals surface area contributed by atoms with Crippen molar-refractivity contribution in [1.82, 2.24) is 4.90 Å². The van der Waals surface area contributed by atoms with Crippen LogP contribution in [0.25, 0.3) is 0 Å². The van der Waals surface area contributed by atoms with Crippen LogP contribution >= 0.6 is 23.2 Å². The van der Waals surface area contributed by atoms with Crippen molar-refractivity contribution < 1.29 is 5.21 Å². The third-order valence-corrected chi connectivity index (χ3v) is 3.60. The number of hydrogen-bond donors (Lipinski definition) is 2. The standard InChI is InChI=1S/C13H19Cl2N3O/c1-3-18(7-9(2)13(16)17-19)8-10-4-5-11(14)6-12(10)15/h4-6,9,19H,3,7-8H2,1-2H3,(H2,16,17). The smallest absolute Gasteiger partial charge is 0.143 e. The molecule has 1 atom stereocenters. The summed E-state index contributed by atoms with van der Waals surface area (Å²) in [6.45, 7) is 6.23. The fourth-order valence-electron chi connectivity index (χ4n) is 1.78. The summed E-state index contributed by atoms with van der Waals surface area (Å²) in [5, 5.41) is 13.0. The summed E-state index contributed by atoms with van der Waals surface area (Å²) in [5.74, 6) is 0.219. The molecule has 106 valence electrons. The molecule has 0 radical (unpaired) electrons. The molecule has 1 aromatic carbocycles. The van der Waals surface area contributed by atoms with Gasteiger partial charge in [0.1, 0.15) is 5.84 Å². The van der Waals surface area contributed by atoms with E-state index in [1.807, 2.05) is 19.1 Å². The van der Waals surface area contributed by atoms with Crippen LogP contribution in [-0.4, -0.2) is 29.0 Å². The molecule has 6 heteroatoms. The normalized spacial score (nSPS) is 13.8. The van der Waals surface area contributed by atoms with E-state index < -0.39 is 0 Å². The summed E-state index contributed by atoms with van der Waals surface area (Å²) < 4.78 is 0. The van der Waals surface area contributed by atoms with E-state index in [4.69, 9.17) is 34.1 Å². The minimum Gasteiger partial charge on any atom is -0.409 e. The predicted molar refractivity (Wildman–Crippen MR) is 80.0 cm³/mol. The van der Waals surface area contributed by atoms with Crippen molar-refractivity contribution in [2.45, 2.75) is 20.4 Å². The third kappa shape index (κ3) is 4.90. The Balaban J connectivity index is 2.71. The fourth-order valence-corrected chi connectivity index (χ4v) is 2.24. The van der Waals surface area contributed by atoms with Crippen molar-refractivity contribution in [3.8, 4) is 0 Å². The SMILES string of the molecule is CCN(Cc1ccc(Cl)cc1Cl)CC(C)/C(N)=N/O. The number of halogens is 2. The Hall–Kier alpha value is -0.970. The van der Waals surface area contributed by atoms with Gasteiger partial charge in [-0.3, -0.25) is 4.90 Å². The molecule has 1 aromatic rings. The molecule has 0 saturated carbocycles. The minimum absolute atomic E-state index is 0.0176. The first kappa shape index (κ1) is 16.1. The van der Waals surface area contributed by atoms with Gasteiger partial charge in [-0.2, -0.15) is 0 Å². The molecule has 4 nitrogen and oxygen atoms in total. The molecule has 0 spiro atoms. The molecular weight excluding hydrogens is 285 g/mol. The highest BCUT2D eigenvalue weighted by molar-refractivity contribution is 6.35. The average Bonchev–Trinajstić information content (AvgIpc) is 2.39. The Bertz CT molecular complexity index is 452. The molecule has 0 fully saturated rings. The first-order valence-corrected chi connectivity index (χ1v) is 6.87. The Morgan fingerprint density at radius 2 is 2.16 bits per heavy atom. The van der Waals surface area contributed by atoms with Gasteiger partial charge in [-0.15, -0.1) is 0 Å². The molecule has 1 unspecified atom stereocenters. The second-order valence-electron chi connectivity index (χ2n) is 4.49. The lowest BCUT2D eigenvalue weighted by molar-refractivity contribution is 0.258. The molecule has 0 heterocycles. The summed E-state index contributed by atoms with van der Waals surface area (Å²) in [6.07, 6.45) is 0. The Morgan fingerprint density at radius 1 is 1.47 bits per heavy atom. The molecule has 1 rings (SSSR count). The van der Waals surface area contributed by atoms with Gasteiger partial charge in [-0.25, -0.2) is 0 Å². The Morgan fingerprint density at radius 3 is 2.68 bits per heavy atom. The second kappa shape index (κ2) is 7.58. The van der Waals surface area contributed by atoms with E-state index in [0.717, 1.165) is 12.1 Å². The van der Waals surface area contributed by atoms with Crippen molar-refractivity contribution in [1.29, 1.82) is 0 Å². The van der Waals surface area contributed by atoms with Gasteiger partial charge in [0, 0.05) is 29.1 Å². The zero-order chi connectivity index (χ0) is 14.4. The van der Waals surface area contributed by atoms with Crippen molar-refractivity contribution in [3.05, 3.63) is 33.8 Å². The van der Waals surface area contributed by atoms with E-state index in [9.17, 15) is 0 Å². The van der Waals surface area contributed by atoms with Crippen LogP contribution in [0.2, 0.25) is 10.0 Å². The Kier molecular flexibility index (Phi) is 6.42. The minimum atomic E-state index is -0.0176. The molecular formula is C13H19Cl2N3O. The summed E-state index contributed by atoms with van der Waals surface area (Å²) in [7, 11) is 0. The van der Waals surface area contributed by atoms with E-state index in [2.05, 4.69) is 17.0 Å². The van der Waals surface area contributed by atoms with Gasteiger partial charge in [0.25, 0.3) is 0 Å². The molecule has 0 bridgehead atoms. The lowest BCUT2D eigenvalue weighted by Gasteiger charge is -2.24. The molecule has 3 N–H and O–H groups in total. The second-order valence-corrected chi connectivity index (χ2v) is 5.33. The zero-order valence-corrected chi connectivity index (χ0v) is 12.6. The van der Waals surface area contributed by atoms with Crippen LogP contribution in [0.3, 0.4) is 0 Å². The van der Waals surface area contributed by atoms with Crippen LogP contribution in [0.5, 0.6) is 0 Å². The Labute approximate surface area is 123 Å². The van der Waals surface area contributed by atoms with Crippen LogP contribution < -0.4 is 5.73 Å². The van der Waals surface area contributed by atoms with Gasteiger partial charge in [0.05, 0.1) is 0 Å². The number of oxime groups is 1. The maximum atomic E-state index is 8.66.